The first-order chi connectivity index (χ1) is 11.2. The SMILES string of the molecule is CN(C)C(=O)C[C@@H]1C(=O)NCCN1Cc1cccc(C(F)(F)F)c1. The first kappa shape index (κ1) is 18.3. The number of carbonyl (C=O) groups excluding carboxylic acids is 2. The molecule has 0 unspecified atom stereocenters. The zero-order chi connectivity index (χ0) is 17.9. The van der Waals surface area contributed by atoms with Crippen LogP contribution in [-0.2, 0) is 22.3 Å². The molecule has 8 heteroatoms. The summed E-state index contributed by atoms with van der Waals surface area (Å²) in [5, 5.41) is 2.70. The molecule has 0 radical (unpaired) electrons. The molecule has 132 valence electrons. The molecule has 5 nitrogen and oxygen atoms in total. The van der Waals surface area contributed by atoms with Crippen LogP contribution in [-0.4, -0.2) is 54.8 Å². The Morgan fingerprint density at radius 3 is 2.71 bits per heavy atom. The number of nitrogens with zero attached hydrogens (tertiary/aromatic N) is 2. The third-order valence-electron chi connectivity index (χ3n) is 3.95. The van der Waals surface area contributed by atoms with Crippen LogP contribution in [0.5, 0.6) is 0 Å². The molecule has 1 aromatic carbocycles. The number of benzene rings is 1. The molecule has 2 amide bonds. The van der Waals surface area contributed by atoms with Gasteiger partial charge in [-0.05, 0) is 11.6 Å². The van der Waals surface area contributed by atoms with E-state index < -0.39 is 17.8 Å². The Labute approximate surface area is 138 Å². The molecule has 0 saturated carbocycles. The van der Waals surface area contributed by atoms with Gasteiger partial charge in [0.25, 0.3) is 0 Å². The van der Waals surface area contributed by atoms with Crippen molar-refractivity contribution in [1.29, 1.82) is 0 Å². The molecule has 1 fully saturated rings. The van der Waals surface area contributed by atoms with E-state index in [2.05, 4.69) is 5.32 Å². The monoisotopic (exact) mass is 343 g/mol. The molecule has 2 rings (SSSR count). The number of alkyl halides is 3. The molecule has 1 saturated heterocycles. The summed E-state index contributed by atoms with van der Waals surface area (Å²) in [7, 11) is 3.19. The van der Waals surface area contributed by atoms with Crippen molar-refractivity contribution < 1.29 is 22.8 Å². The van der Waals surface area contributed by atoms with E-state index in [0.29, 0.717) is 18.7 Å². The van der Waals surface area contributed by atoms with Crippen LogP contribution in [0.4, 0.5) is 13.2 Å². The van der Waals surface area contributed by atoms with Gasteiger partial charge in [-0.2, -0.15) is 13.2 Å². The lowest BCUT2D eigenvalue weighted by atomic mass is 10.0. The van der Waals surface area contributed by atoms with Crippen molar-refractivity contribution in [2.24, 2.45) is 0 Å². The zero-order valence-electron chi connectivity index (χ0n) is 13.6. The number of hydrogen-bond donors (Lipinski definition) is 1. The molecule has 24 heavy (non-hydrogen) atoms. The van der Waals surface area contributed by atoms with Crippen LogP contribution in [0.1, 0.15) is 17.5 Å². The predicted molar refractivity (Wildman–Crippen MR) is 82.0 cm³/mol. The van der Waals surface area contributed by atoms with Gasteiger partial charge in [0, 0.05) is 33.7 Å². The molecule has 1 aliphatic rings. The number of carbonyl (C=O) groups is 2. The van der Waals surface area contributed by atoms with Crippen molar-refractivity contribution in [2.45, 2.75) is 25.2 Å². The van der Waals surface area contributed by atoms with E-state index in [1.807, 2.05) is 0 Å². The number of rotatable bonds is 4. The van der Waals surface area contributed by atoms with Gasteiger partial charge < -0.3 is 10.2 Å². The second-order valence-corrected chi connectivity index (χ2v) is 5.97. The number of piperazine rings is 1. The summed E-state index contributed by atoms with van der Waals surface area (Å²) in [5.74, 6) is -0.477. The summed E-state index contributed by atoms with van der Waals surface area (Å²) >= 11 is 0. The van der Waals surface area contributed by atoms with Crippen molar-refractivity contribution in [3.05, 3.63) is 35.4 Å². The molecule has 1 N–H and O–H groups in total. The quantitative estimate of drug-likeness (QED) is 0.901. The van der Waals surface area contributed by atoms with Crippen molar-refractivity contribution in [1.82, 2.24) is 15.1 Å². The van der Waals surface area contributed by atoms with E-state index in [9.17, 15) is 22.8 Å². The Hall–Kier alpha value is -2.09. The van der Waals surface area contributed by atoms with E-state index in [0.717, 1.165) is 12.1 Å². The van der Waals surface area contributed by atoms with Gasteiger partial charge in [0.1, 0.15) is 0 Å². The fourth-order valence-corrected chi connectivity index (χ4v) is 2.60. The van der Waals surface area contributed by atoms with Crippen LogP contribution < -0.4 is 5.32 Å². The van der Waals surface area contributed by atoms with Crippen LogP contribution in [0.2, 0.25) is 0 Å². The second kappa shape index (κ2) is 7.21. The fraction of sp³-hybridized carbons (Fsp3) is 0.500. The predicted octanol–water partition coefficient (Wildman–Crippen LogP) is 1.48. The maximum atomic E-state index is 12.8. The summed E-state index contributed by atoms with van der Waals surface area (Å²) in [6.07, 6.45) is -4.41. The minimum absolute atomic E-state index is 0.00219. The first-order valence-corrected chi connectivity index (χ1v) is 7.56. The Morgan fingerprint density at radius 1 is 1.38 bits per heavy atom. The average molecular weight is 343 g/mol. The first-order valence-electron chi connectivity index (χ1n) is 7.56. The lowest BCUT2D eigenvalue weighted by molar-refractivity contribution is -0.138. The van der Waals surface area contributed by atoms with Gasteiger partial charge in [0.15, 0.2) is 0 Å². The number of nitrogens with one attached hydrogen (secondary N) is 1. The highest BCUT2D eigenvalue weighted by atomic mass is 19.4. The average Bonchev–Trinajstić information content (AvgIpc) is 2.50. The molecule has 0 bridgehead atoms. The minimum Gasteiger partial charge on any atom is -0.353 e. The van der Waals surface area contributed by atoms with E-state index >= 15 is 0 Å². The largest absolute Gasteiger partial charge is 0.416 e. The molecule has 1 atom stereocenters. The van der Waals surface area contributed by atoms with Gasteiger partial charge in [-0.15, -0.1) is 0 Å². The highest BCUT2D eigenvalue weighted by molar-refractivity contribution is 5.88. The second-order valence-electron chi connectivity index (χ2n) is 5.97. The highest BCUT2D eigenvalue weighted by Gasteiger charge is 2.33. The molecule has 1 aliphatic heterocycles. The summed E-state index contributed by atoms with van der Waals surface area (Å²) in [6, 6.07) is 4.36. The van der Waals surface area contributed by atoms with Crippen LogP contribution >= 0.6 is 0 Å². The Kier molecular flexibility index (Phi) is 5.48. The van der Waals surface area contributed by atoms with Crippen molar-refractivity contribution in [3.8, 4) is 0 Å². The van der Waals surface area contributed by atoms with Gasteiger partial charge in [-0.3, -0.25) is 14.5 Å². The van der Waals surface area contributed by atoms with E-state index in [1.165, 1.54) is 11.0 Å². The van der Waals surface area contributed by atoms with Crippen molar-refractivity contribution in [3.63, 3.8) is 0 Å². The van der Waals surface area contributed by atoms with E-state index in [4.69, 9.17) is 0 Å². The molecule has 0 aromatic heterocycles. The van der Waals surface area contributed by atoms with Crippen LogP contribution in [0.25, 0.3) is 0 Å². The normalized spacial score (nSPS) is 19.0. The summed E-state index contributed by atoms with van der Waals surface area (Å²) in [4.78, 5) is 27.1. The van der Waals surface area contributed by atoms with Crippen LogP contribution in [0.3, 0.4) is 0 Å². The maximum Gasteiger partial charge on any atom is 0.416 e. The topological polar surface area (TPSA) is 52.7 Å². The summed E-state index contributed by atoms with van der Waals surface area (Å²) in [6.45, 7) is 1.07. The third-order valence-corrected chi connectivity index (χ3v) is 3.95. The third kappa shape index (κ3) is 4.47. The number of hydrogen-bond acceptors (Lipinski definition) is 3. The summed E-state index contributed by atoms with van der Waals surface area (Å²) in [5.41, 5.74) is -0.260. The van der Waals surface area contributed by atoms with E-state index in [1.54, 1.807) is 25.1 Å². The maximum absolute atomic E-state index is 12.8. The summed E-state index contributed by atoms with van der Waals surface area (Å²) < 4.78 is 38.5. The van der Waals surface area contributed by atoms with Gasteiger partial charge in [0.2, 0.25) is 11.8 Å². The van der Waals surface area contributed by atoms with Crippen molar-refractivity contribution in [2.75, 3.05) is 27.2 Å². The molecule has 0 aliphatic carbocycles. The van der Waals surface area contributed by atoms with Gasteiger partial charge in [0.05, 0.1) is 18.0 Å². The molecule has 1 heterocycles. The van der Waals surface area contributed by atoms with Crippen LogP contribution in [0, 0.1) is 0 Å². The minimum atomic E-state index is -4.41. The van der Waals surface area contributed by atoms with Crippen molar-refractivity contribution >= 4 is 11.8 Å². The fourth-order valence-electron chi connectivity index (χ4n) is 2.60. The Bertz CT molecular complexity index is 617. The Morgan fingerprint density at radius 2 is 2.08 bits per heavy atom. The van der Waals surface area contributed by atoms with Gasteiger partial charge in [-0.1, -0.05) is 18.2 Å². The van der Waals surface area contributed by atoms with Crippen LogP contribution in [0.15, 0.2) is 24.3 Å². The molecule has 0 spiro atoms. The highest BCUT2D eigenvalue weighted by Crippen LogP contribution is 2.30. The number of halogens is 3. The molecule has 1 aromatic rings. The number of amides is 2. The lowest BCUT2D eigenvalue weighted by Gasteiger charge is -2.35. The Balaban J connectivity index is 2.16. The standard InChI is InChI=1S/C16H20F3N3O2/c1-21(2)14(23)9-13-15(24)20-6-7-22(13)10-11-4-3-5-12(8-11)16(17,18)19/h3-5,8,13H,6-7,9-10H2,1-2H3,(H,20,24)/t13-/m1/s1. The van der Waals surface area contributed by atoms with Gasteiger partial charge >= 0.3 is 6.18 Å². The van der Waals surface area contributed by atoms with Gasteiger partial charge in [-0.25, -0.2) is 0 Å². The molecular formula is C16H20F3N3O2. The van der Waals surface area contributed by atoms with E-state index in [-0.39, 0.29) is 24.8 Å². The zero-order valence-corrected chi connectivity index (χ0v) is 13.6. The smallest absolute Gasteiger partial charge is 0.353 e. The molecular weight excluding hydrogens is 323 g/mol. The lowest BCUT2D eigenvalue weighted by Crippen LogP contribution is -2.56.